The number of fused-ring (bicyclic) bond motifs is 11. The monoisotopic (exact) mass is 867 g/mol. The molecule has 0 aliphatic carbocycles. The molecule has 0 saturated carbocycles. The highest BCUT2D eigenvalue weighted by atomic mass is 79.9. The van der Waals surface area contributed by atoms with E-state index in [9.17, 15) is 0 Å². The van der Waals surface area contributed by atoms with E-state index in [1.807, 2.05) is 0 Å². The number of hydrogen-bond donors (Lipinski definition) is 0. The van der Waals surface area contributed by atoms with Crippen LogP contribution < -0.4 is 0 Å². The summed E-state index contributed by atoms with van der Waals surface area (Å²) in [6, 6.07) is 73.2. The van der Waals surface area contributed by atoms with Gasteiger partial charge in [0.05, 0.1) is 26.7 Å². The molecule has 13 aromatic rings. The highest BCUT2D eigenvalue weighted by molar-refractivity contribution is 9.10. The second-order valence-electron chi connectivity index (χ2n) is 16.2. The summed E-state index contributed by atoms with van der Waals surface area (Å²) < 4.78 is 9.84. The zero-order valence-corrected chi connectivity index (χ0v) is 35.3. The Balaban J connectivity index is 0.922. The number of benzene rings is 10. The molecule has 0 atom stereocenters. The smallest absolute Gasteiger partial charge is 0.160 e. The van der Waals surface area contributed by atoms with Gasteiger partial charge >= 0.3 is 0 Å². The number of nitrogens with zero attached hydrogens (tertiary/aromatic N) is 3. The van der Waals surface area contributed by atoms with Crippen molar-refractivity contribution in [2.75, 3.05) is 0 Å². The van der Waals surface area contributed by atoms with Crippen molar-refractivity contribution in [2.24, 2.45) is 0 Å². The fraction of sp³-hybridized carbons (Fsp3) is 0. The summed E-state index contributed by atoms with van der Waals surface area (Å²) in [7, 11) is 0. The molecule has 0 aliphatic rings. The first kappa shape index (κ1) is 35.9. The molecule has 13 rings (SSSR count). The largest absolute Gasteiger partial charge is 0.455 e. The van der Waals surface area contributed by atoms with Crippen molar-refractivity contribution in [1.82, 2.24) is 14.5 Å². The molecule has 0 bridgehead atoms. The Kier molecular flexibility index (Phi) is 8.02. The van der Waals surface area contributed by atoms with Gasteiger partial charge in [-0.05, 0) is 109 Å². The molecule has 3 aromatic heterocycles. The summed E-state index contributed by atoms with van der Waals surface area (Å²) in [4.78, 5) is 10.7. The lowest BCUT2D eigenvalue weighted by Crippen LogP contribution is -1.98. The van der Waals surface area contributed by atoms with E-state index in [4.69, 9.17) is 14.4 Å². The lowest BCUT2D eigenvalue weighted by molar-refractivity contribution is 0.630. The van der Waals surface area contributed by atoms with Crippen LogP contribution in [0.15, 0.2) is 215 Å². The summed E-state index contributed by atoms with van der Waals surface area (Å²) in [5, 5.41) is 11.5. The van der Waals surface area contributed by atoms with Gasteiger partial charge in [-0.3, -0.25) is 0 Å². The highest BCUT2D eigenvalue weighted by Crippen LogP contribution is 2.44. The topological polar surface area (TPSA) is 43.9 Å². The first-order valence-electron chi connectivity index (χ1n) is 21.2. The van der Waals surface area contributed by atoms with Crippen LogP contribution in [0.4, 0.5) is 0 Å². The van der Waals surface area contributed by atoms with Gasteiger partial charge in [0.2, 0.25) is 0 Å². The predicted molar refractivity (Wildman–Crippen MR) is 266 cm³/mol. The SMILES string of the molecule is Brc1c(-c2cccc3ccccc23)oc2ccc(-c3ccc4c(c3)c3ccccc3n4-c3ccc(-c4nc(-c5ccccc5)c5c6ccccc6c6ccccc6c5n4)cc3)cc12. The molecular formula is C58H34BrN3O. The van der Waals surface area contributed by atoms with Crippen LogP contribution in [-0.4, -0.2) is 14.5 Å². The molecule has 63 heavy (non-hydrogen) atoms. The third kappa shape index (κ3) is 5.60. The van der Waals surface area contributed by atoms with Gasteiger partial charge in [0.25, 0.3) is 0 Å². The van der Waals surface area contributed by atoms with Crippen molar-refractivity contribution in [3.63, 3.8) is 0 Å². The van der Waals surface area contributed by atoms with Crippen LogP contribution in [0.2, 0.25) is 0 Å². The average molecular weight is 869 g/mol. The minimum atomic E-state index is 0.700. The van der Waals surface area contributed by atoms with Crippen molar-refractivity contribution in [2.45, 2.75) is 0 Å². The maximum atomic E-state index is 6.52. The zero-order valence-electron chi connectivity index (χ0n) is 33.8. The van der Waals surface area contributed by atoms with Gasteiger partial charge in [-0.2, -0.15) is 0 Å². The van der Waals surface area contributed by atoms with Gasteiger partial charge in [0.15, 0.2) is 5.82 Å². The molecule has 5 heteroatoms. The van der Waals surface area contributed by atoms with Gasteiger partial charge in [-0.15, -0.1) is 0 Å². The molecule has 0 fully saturated rings. The maximum absolute atomic E-state index is 6.52. The Morgan fingerprint density at radius 1 is 0.413 bits per heavy atom. The summed E-state index contributed by atoms with van der Waals surface area (Å²) in [5.74, 6) is 1.54. The molecule has 0 saturated heterocycles. The van der Waals surface area contributed by atoms with Crippen molar-refractivity contribution in [1.29, 1.82) is 0 Å². The Bertz CT molecular complexity index is 3970. The van der Waals surface area contributed by atoms with Crippen LogP contribution >= 0.6 is 15.9 Å². The molecule has 294 valence electrons. The molecule has 0 spiro atoms. The molecular weight excluding hydrogens is 835 g/mol. The van der Waals surface area contributed by atoms with Crippen molar-refractivity contribution >= 4 is 91.9 Å². The maximum Gasteiger partial charge on any atom is 0.160 e. The Labute approximate surface area is 370 Å². The minimum absolute atomic E-state index is 0.700. The number of rotatable bonds is 5. The van der Waals surface area contributed by atoms with E-state index in [2.05, 4.69) is 227 Å². The zero-order chi connectivity index (χ0) is 41.6. The normalized spacial score (nSPS) is 11.9. The van der Waals surface area contributed by atoms with Gasteiger partial charge in [0, 0.05) is 49.3 Å². The van der Waals surface area contributed by atoms with E-state index in [1.54, 1.807) is 0 Å². The van der Waals surface area contributed by atoms with E-state index in [1.165, 1.54) is 32.3 Å². The molecule has 0 N–H and O–H groups in total. The minimum Gasteiger partial charge on any atom is -0.455 e. The summed E-state index contributed by atoms with van der Waals surface area (Å²) in [6.45, 7) is 0. The van der Waals surface area contributed by atoms with Gasteiger partial charge in [-0.1, -0.05) is 152 Å². The van der Waals surface area contributed by atoms with E-state index in [0.29, 0.717) is 5.82 Å². The number of furan rings is 1. The highest BCUT2D eigenvalue weighted by Gasteiger charge is 2.20. The van der Waals surface area contributed by atoms with Gasteiger partial charge in [-0.25, -0.2) is 9.97 Å². The third-order valence-electron chi connectivity index (χ3n) is 12.7. The Morgan fingerprint density at radius 3 is 1.83 bits per heavy atom. The Hall–Kier alpha value is -7.86. The second-order valence-corrected chi connectivity index (χ2v) is 17.0. The van der Waals surface area contributed by atoms with Crippen LogP contribution in [-0.2, 0) is 0 Å². The quantitative estimate of drug-likeness (QED) is 0.162. The van der Waals surface area contributed by atoms with Crippen LogP contribution in [0.5, 0.6) is 0 Å². The van der Waals surface area contributed by atoms with E-state index in [-0.39, 0.29) is 0 Å². The van der Waals surface area contributed by atoms with Gasteiger partial charge < -0.3 is 8.98 Å². The summed E-state index contributed by atoms with van der Waals surface area (Å²) in [5.41, 5.74) is 11.5. The lowest BCUT2D eigenvalue weighted by atomic mass is 9.94. The van der Waals surface area contributed by atoms with Crippen molar-refractivity contribution < 1.29 is 4.42 Å². The van der Waals surface area contributed by atoms with E-state index in [0.717, 1.165) is 93.1 Å². The molecule has 0 amide bonds. The Morgan fingerprint density at radius 2 is 1.02 bits per heavy atom. The van der Waals surface area contributed by atoms with Crippen LogP contribution in [0.25, 0.3) is 127 Å². The van der Waals surface area contributed by atoms with Crippen LogP contribution in [0.3, 0.4) is 0 Å². The summed E-state index contributed by atoms with van der Waals surface area (Å²) >= 11 is 3.94. The van der Waals surface area contributed by atoms with E-state index >= 15 is 0 Å². The van der Waals surface area contributed by atoms with Gasteiger partial charge in [0.1, 0.15) is 11.3 Å². The average Bonchev–Trinajstić information content (AvgIpc) is 3.87. The molecule has 10 aromatic carbocycles. The summed E-state index contributed by atoms with van der Waals surface area (Å²) in [6.07, 6.45) is 0. The first-order valence-corrected chi connectivity index (χ1v) is 22.0. The molecule has 0 aliphatic heterocycles. The van der Waals surface area contributed by atoms with Crippen molar-refractivity contribution in [3.8, 4) is 50.8 Å². The molecule has 0 radical (unpaired) electrons. The predicted octanol–water partition coefficient (Wildman–Crippen LogP) is 16.4. The lowest BCUT2D eigenvalue weighted by Gasteiger charge is -2.15. The molecule has 4 nitrogen and oxygen atoms in total. The van der Waals surface area contributed by atoms with Crippen LogP contribution in [0, 0.1) is 0 Å². The number of hydrogen-bond acceptors (Lipinski definition) is 3. The first-order chi connectivity index (χ1) is 31.2. The number of halogens is 1. The number of para-hydroxylation sites is 1. The third-order valence-corrected chi connectivity index (χ3v) is 13.5. The van der Waals surface area contributed by atoms with E-state index < -0.39 is 0 Å². The van der Waals surface area contributed by atoms with Crippen molar-refractivity contribution in [3.05, 3.63) is 211 Å². The van der Waals surface area contributed by atoms with Crippen LogP contribution in [0.1, 0.15) is 0 Å². The fourth-order valence-corrected chi connectivity index (χ4v) is 10.3. The molecule has 0 unspecified atom stereocenters. The second kappa shape index (κ2) is 14.1. The standard InChI is InChI=1S/C58H34BrN3O/c59-54-49-34-39(28-32-52(49)63-57(54)47-23-12-16-35-13-4-5-17-41(35)47)38-27-31-51-48(33-38)44-20-10-11-24-50(44)62(51)40-29-25-37(26-30-40)58-60-55(36-14-2-1-3-15-36)53-45-21-8-6-18-42(45)43-19-7-9-22-46(43)56(53)61-58/h1-34H. The fourth-order valence-electron chi connectivity index (χ4n) is 9.74. The number of aromatic nitrogens is 3. The molecule has 3 heterocycles.